The lowest BCUT2D eigenvalue weighted by Gasteiger charge is -2.28. The Labute approximate surface area is 294 Å². The number of rotatable bonds is 6. The molecule has 292 valence electrons. The van der Waals surface area contributed by atoms with Crippen LogP contribution < -0.4 is 0 Å². The highest BCUT2D eigenvalue weighted by Crippen LogP contribution is 2.50. The Kier molecular flexibility index (Phi) is 14.9. The van der Waals surface area contributed by atoms with Gasteiger partial charge in [0.1, 0.15) is 0 Å². The highest BCUT2D eigenvalue weighted by Gasteiger charge is 2.57. The number of carboxylic acid groups (broad SMARTS) is 3. The molecular weight excluding hydrogens is 739 g/mol. The van der Waals surface area contributed by atoms with Gasteiger partial charge < -0.3 is 24.8 Å². The van der Waals surface area contributed by atoms with Gasteiger partial charge in [0.05, 0.1) is 17.4 Å². The van der Waals surface area contributed by atoms with E-state index in [1.54, 1.807) is 12.4 Å². The maximum absolute atomic E-state index is 13.9. The number of hydrogen-bond acceptors (Lipinski definition) is 8. The van der Waals surface area contributed by atoms with Crippen LogP contribution in [-0.4, -0.2) is 107 Å². The summed E-state index contributed by atoms with van der Waals surface area (Å²) < 4.78 is 97.3. The van der Waals surface area contributed by atoms with Crippen LogP contribution in [-0.2, 0) is 32.3 Å². The molecule has 53 heavy (non-hydrogen) atoms. The maximum Gasteiger partial charge on any atom is 0.490 e. The van der Waals surface area contributed by atoms with Gasteiger partial charge >= 0.3 is 36.4 Å². The second kappa shape index (κ2) is 18.0. The Morgan fingerprint density at radius 2 is 1.21 bits per heavy atom. The quantitative estimate of drug-likeness (QED) is 0.282. The van der Waals surface area contributed by atoms with Crippen molar-refractivity contribution in [2.45, 2.75) is 63.8 Å². The topological polar surface area (TPSA) is 179 Å². The second-order valence-electron chi connectivity index (χ2n) is 11.8. The molecule has 1 amide bonds. The molecule has 3 aromatic heterocycles. The van der Waals surface area contributed by atoms with Crippen molar-refractivity contribution in [2.75, 3.05) is 19.6 Å². The van der Waals surface area contributed by atoms with Crippen molar-refractivity contribution in [3.8, 4) is 0 Å². The largest absolute Gasteiger partial charge is 0.490 e. The third-order valence-corrected chi connectivity index (χ3v) is 7.74. The molecule has 3 aromatic rings. The summed E-state index contributed by atoms with van der Waals surface area (Å²) in [6.07, 6.45) is -3.08. The summed E-state index contributed by atoms with van der Waals surface area (Å²) in [6, 6.07) is 8.44. The number of carbonyl (C=O) groups is 4. The normalized spacial score (nSPS) is 18.8. The second-order valence-corrected chi connectivity index (χ2v) is 11.8. The van der Waals surface area contributed by atoms with E-state index in [1.807, 2.05) is 35.8 Å². The average Bonchev–Trinajstić information content (AvgIpc) is 3.76. The summed E-state index contributed by atoms with van der Waals surface area (Å²) in [5.74, 6) is -7.91. The third kappa shape index (κ3) is 13.0. The molecule has 2 aliphatic heterocycles. The van der Waals surface area contributed by atoms with Crippen LogP contribution in [0.5, 0.6) is 0 Å². The van der Waals surface area contributed by atoms with Crippen LogP contribution in [0.1, 0.15) is 49.0 Å². The molecule has 5 heterocycles. The number of amides is 1. The fourth-order valence-corrected chi connectivity index (χ4v) is 5.25. The minimum Gasteiger partial charge on any atom is -0.475 e. The van der Waals surface area contributed by atoms with Crippen molar-refractivity contribution in [2.24, 2.45) is 5.41 Å². The van der Waals surface area contributed by atoms with Crippen molar-refractivity contribution in [3.63, 3.8) is 0 Å². The summed E-state index contributed by atoms with van der Waals surface area (Å²) >= 11 is 0. The van der Waals surface area contributed by atoms with Crippen molar-refractivity contribution in [3.05, 3.63) is 78.4 Å². The van der Waals surface area contributed by atoms with E-state index in [0.29, 0.717) is 12.6 Å². The van der Waals surface area contributed by atoms with Gasteiger partial charge in [-0.05, 0) is 55.7 Å². The van der Waals surface area contributed by atoms with Crippen LogP contribution >= 0.6 is 0 Å². The number of carboxylic acids is 3. The Morgan fingerprint density at radius 1 is 0.792 bits per heavy atom. The zero-order valence-electron chi connectivity index (χ0n) is 27.7. The SMILES string of the molecule is CC(C)n1cnc(C2CN(Cc3ccncc3)CC23CCN(Cc2ccncc2)C3=O)c1.O=C(O)C(F)(F)F.O=C(O)C(F)(F)F.O=C(O)C(F)(F)F. The molecule has 0 aliphatic carbocycles. The van der Waals surface area contributed by atoms with Gasteiger partial charge in [-0.25, -0.2) is 19.4 Å². The first kappa shape index (κ1) is 43.9. The number of likely N-dealkylation sites (tertiary alicyclic amines) is 2. The number of hydrogen-bond donors (Lipinski definition) is 3. The number of pyridine rings is 2. The molecule has 1 spiro atoms. The standard InChI is InChI=1S/C25H30N6O.3C2HF3O2/c1-19(2)31-16-23(28-18-31)22-15-29(13-20-3-8-26-9-4-20)17-25(22)7-12-30(24(25)32)14-21-5-10-27-11-6-21;3*3-2(4,5)1(6)7/h3-6,8-11,16,18-19,22H,7,12-15,17H2,1-2H3;3*(H,6,7). The molecule has 13 nitrogen and oxygen atoms in total. The Morgan fingerprint density at radius 3 is 1.58 bits per heavy atom. The summed E-state index contributed by atoms with van der Waals surface area (Å²) in [6.45, 7) is 8.16. The van der Waals surface area contributed by atoms with E-state index in [-0.39, 0.29) is 11.8 Å². The molecular formula is C31H33F9N6O7. The first-order chi connectivity index (χ1) is 24.4. The number of alkyl halides is 9. The number of halogens is 9. The van der Waals surface area contributed by atoms with E-state index in [4.69, 9.17) is 34.7 Å². The number of nitrogens with zero attached hydrogens (tertiary/aromatic N) is 6. The summed E-state index contributed by atoms with van der Waals surface area (Å²) in [5, 5.41) is 21.4. The highest BCUT2D eigenvalue weighted by molar-refractivity contribution is 5.87. The van der Waals surface area contributed by atoms with Crippen LogP contribution in [0.2, 0.25) is 0 Å². The first-order valence-electron chi connectivity index (χ1n) is 15.1. The molecule has 3 N–H and O–H groups in total. The van der Waals surface area contributed by atoms with Crippen LogP contribution in [0, 0.1) is 5.41 Å². The van der Waals surface area contributed by atoms with E-state index in [9.17, 15) is 44.3 Å². The fourth-order valence-electron chi connectivity index (χ4n) is 5.25. The van der Waals surface area contributed by atoms with Gasteiger partial charge in [-0.15, -0.1) is 0 Å². The van der Waals surface area contributed by atoms with E-state index < -0.39 is 41.9 Å². The maximum atomic E-state index is 13.9. The Bertz CT molecular complexity index is 1610. The lowest BCUT2D eigenvalue weighted by molar-refractivity contribution is -0.193. The van der Waals surface area contributed by atoms with Crippen LogP contribution in [0.3, 0.4) is 0 Å². The van der Waals surface area contributed by atoms with Gasteiger partial charge in [0.15, 0.2) is 0 Å². The molecule has 0 saturated carbocycles. The molecule has 22 heteroatoms. The van der Waals surface area contributed by atoms with Gasteiger partial charge in [-0.2, -0.15) is 39.5 Å². The Hall–Kier alpha value is -5.28. The molecule has 0 aromatic carbocycles. The zero-order chi connectivity index (χ0) is 40.4. The molecule has 0 bridgehead atoms. The fraction of sp³-hybridized carbons (Fsp3) is 0.452. The van der Waals surface area contributed by atoms with Gasteiger partial charge in [-0.1, -0.05) is 0 Å². The van der Waals surface area contributed by atoms with Crippen molar-refractivity contribution in [1.82, 2.24) is 29.3 Å². The van der Waals surface area contributed by atoms with E-state index in [2.05, 4.69) is 51.6 Å². The lowest BCUT2D eigenvalue weighted by Crippen LogP contribution is -2.39. The van der Waals surface area contributed by atoms with Crippen LogP contribution in [0.4, 0.5) is 39.5 Å². The predicted octanol–water partition coefficient (Wildman–Crippen LogP) is 5.17. The molecule has 2 saturated heterocycles. The Balaban J connectivity index is 0.000000379. The van der Waals surface area contributed by atoms with Crippen molar-refractivity contribution in [1.29, 1.82) is 0 Å². The zero-order valence-corrected chi connectivity index (χ0v) is 27.7. The first-order valence-corrected chi connectivity index (χ1v) is 15.1. The van der Waals surface area contributed by atoms with E-state index in [0.717, 1.165) is 43.9 Å². The summed E-state index contributed by atoms with van der Waals surface area (Å²) in [5.41, 5.74) is 2.96. The van der Waals surface area contributed by atoms with Gasteiger partial charge in [0, 0.05) is 75.7 Å². The molecule has 2 atom stereocenters. The van der Waals surface area contributed by atoms with Crippen LogP contribution in [0.15, 0.2) is 61.6 Å². The van der Waals surface area contributed by atoms with Crippen LogP contribution in [0.25, 0.3) is 0 Å². The third-order valence-electron chi connectivity index (χ3n) is 7.74. The minimum absolute atomic E-state index is 0.0966. The predicted molar refractivity (Wildman–Crippen MR) is 163 cm³/mol. The van der Waals surface area contributed by atoms with E-state index in [1.165, 1.54) is 5.56 Å². The molecule has 0 radical (unpaired) electrons. The number of carbonyl (C=O) groups excluding carboxylic acids is 1. The summed E-state index contributed by atoms with van der Waals surface area (Å²) in [7, 11) is 0. The lowest BCUT2D eigenvalue weighted by atomic mass is 9.75. The smallest absolute Gasteiger partial charge is 0.475 e. The van der Waals surface area contributed by atoms with Crippen molar-refractivity contribution < 1.29 is 74.0 Å². The minimum atomic E-state index is -5.08. The van der Waals surface area contributed by atoms with Gasteiger partial charge in [-0.3, -0.25) is 19.7 Å². The highest BCUT2D eigenvalue weighted by atomic mass is 19.4. The molecule has 5 rings (SSSR count). The number of aliphatic carboxylic acids is 3. The summed E-state index contributed by atoms with van der Waals surface area (Å²) in [4.78, 5) is 58.0. The van der Waals surface area contributed by atoms with Gasteiger partial charge in [0.2, 0.25) is 5.91 Å². The molecule has 2 fully saturated rings. The number of aromatic nitrogens is 4. The van der Waals surface area contributed by atoms with E-state index >= 15 is 0 Å². The molecule has 2 aliphatic rings. The average molecular weight is 773 g/mol. The number of imidazole rings is 1. The van der Waals surface area contributed by atoms with Crippen molar-refractivity contribution >= 4 is 23.8 Å². The monoisotopic (exact) mass is 772 g/mol. The van der Waals surface area contributed by atoms with Gasteiger partial charge in [0.25, 0.3) is 0 Å². The molecule has 2 unspecified atom stereocenters.